The van der Waals surface area contributed by atoms with Gasteiger partial charge in [0.25, 0.3) is 5.91 Å². The molecule has 6 nitrogen and oxygen atoms in total. The van der Waals surface area contributed by atoms with E-state index in [0.717, 1.165) is 17.8 Å². The minimum absolute atomic E-state index is 0.0861. The molecule has 0 saturated heterocycles. The SMILES string of the molecule is CC(C)NCCCNC(=O)c1ccc(O)c2[nH]c(-c3cccs3)nc12. The summed E-state index contributed by atoms with van der Waals surface area (Å²) in [6.07, 6.45) is 0.853. The van der Waals surface area contributed by atoms with Gasteiger partial charge in [0.1, 0.15) is 22.6 Å². The van der Waals surface area contributed by atoms with Crippen molar-refractivity contribution in [3.05, 3.63) is 35.2 Å². The van der Waals surface area contributed by atoms with Crippen LogP contribution in [-0.2, 0) is 0 Å². The Hall–Kier alpha value is -2.38. The van der Waals surface area contributed by atoms with Gasteiger partial charge in [0.2, 0.25) is 0 Å². The summed E-state index contributed by atoms with van der Waals surface area (Å²) in [5.74, 6) is 0.559. The van der Waals surface area contributed by atoms with Crippen LogP contribution in [0, 0.1) is 0 Å². The highest BCUT2D eigenvalue weighted by Gasteiger charge is 2.17. The predicted octanol–water partition coefficient (Wildman–Crippen LogP) is 3.11. The van der Waals surface area contributed by atoms with Gasteiger partial charge in [-0.3, -0.25) is 4.79 Å². The van der Waals surface area contributed by atoms with E-state index in [1.54, 1.807) is 17.4 Å². The zero-order valence-electron chi connectivity index (χ0n) is 14.3. The molecule has 1 aromatic carbocycles. The van der Waals surface area contributed by atoms with Crippen LogP contribution in [0.25, 0.3) is 21.7 Å². The Morgan fingerprint density at radius 1 is 1.32 bits per heavy atom. The molecule has 0 aliphatic rings. The van der Waals surface area contributed by atoms with Crippen molar-refractivity contribution in [2.75, 3.05) is 13.1 Å². The van der Waals surface area contributed by atoms with Gasteiger partial charge in [-0.15, -0.1) is 11.3 Å². The lowest BCUT2D eigenvalue weighted by atomic mass is 10.1. The molecule has 0 radical (unpaired) electrons. The number of carbonyl (C=O) groups excluding carboxylic acids is 1. The van der Waals surface area contributed by atoms with E-state index in [4.69, 9.17) is 0 Å². The van der Waals surface area contributed by atoms with Crippen LogP contribution in [0.5, 0.6) is 5.75 Å². The fourth-order valence-corrected chi connectivity index (χ4v) is 3.24. The second kappa shape index (κ2) is 7.67. The highest BCUT2D eigenvalue weighted by molar-refractivity contribution is 7.13. The van der Waals surface area contributed by atoms with Crippen LogP contribution in [0.15, 0.2) is 29.6 Å². The first kappa shape index (κ1) is 17.4. The first-order chi connectivity index (χ1) is 12.1. The summed E-state index contributed by atoms with van der Waals surface area (Å²) in [6.45, 7) is 5.63. The van der Waals surface area contributed by atoms with E-state index in [1.807, 2.05) is 17.5 Å². The number of aromatic hydroxyl groups is 1. The average molecular weight is 358 g/mol. The lowest BCUT2D eigenvalue weighted by Crippen LogP contribution is -2.29. The van der Waals surface area contributed by atoms with Crippen LogP contribution in [-0.4, -0.2) is 40.1 Å². The molecule has 0 aliphatic carbocycles. The molecular formula is C18H22N4O2S. The van der Waals surface area contributed by atoms with Crippen LogP contribution in [0.2, 0.25) is 0 Å². The van der Waals surface area contributed by atoms with E-state index in [0.29, 0.717) is 35.0 Å². The molecule has 1 amide bonds. The third-order valence-electron chi connectivity index (χ3n) is 3.81. The van der Waals surface area contributed by atoms with Crippen LogP contribution < -0.4 is 10.6 Å². The molecular weight excluding hydrogens is 336 g/mol. The number of amides is 1. The number of aromatic nitrogens is 2. The number of phenols is 1. The zero-order chi connectivity index (χ0) is 17.8. The number of aromatic amines is 1. The number of nitrogens with one attached hydrogen (secondary N) is 3. The van der Waals surface area contributed by atoms with Crippen molar-refractivity contribution < 1.29 is 9.90 Å². The molecule has 0 saturated carbocycles. The Balaban J connectivity index is 1.77. The van der Waals surface area contributed by atoms with E-state index in [2.05, 4.69) is 34.4 Å². The number of imidazole rings is 1. The van der Waals surface area contributed by atoms with Crippen molar-refractivity contribution >= 4 is 28.3 Å². The molecule has 7 heteroatoms. The molecule has 0 bridgehead atoms. The number of rotatable bonds is 7. The van der Waals surface area contributed by atoms with Crippen molar-refractivity contribution in [3.8, 4) is 16.5 Å². The quantitative estimate of drug-likeness (QED) is 0.489. The third-order valence-corrected chi connectivity index (χ3v) is 4.69. The highest BCUT2D eigenvalue weighted by atomic mass is 32.1. The summed E-state index contributed by atoms with van der Waals surface area (Å²) < 4.78 is 0. The number of H-pyrrole nitrogens is 1. The predicted molar refractivity (Wildman–Crippen MR) is 101 cm³/mol. The van der Waals surface area contributed by atoms with Gasteiger partial charge in [0.05, 0.1) is 10.4 Å². The first-order valence-electron chi connectivity index (χ1n) is 8.33. The average Bonchev–Trinajstić information content (AvgIpc) is 3.24. The summed E-state index contributed by atoms with van der Waals surface area (Å²) in [7, 11) is 0. The number of nitrogens with zero attached hydrogens (tertiary/aromatic N) is 1. The highest BCUT2D eigenvalue weighted by Crippen LogP contribution is 2.30. The standard InChI is InChI=1S/C18H22N4O2S/c1-11(2)19-8-4-9-20-18(24)12-6-7-13(23)16-15(12)21-17(22-16)14-5-3-10-25-14/h3,5-7,10-11,19,23H,4,8-9H2,1-2H3,(H,20,24)(H,21,22). The molecule has 0 unspecified atom stereocenters. The molecule has 2 aromatic heterocycles. The van der Waals surface area contributed by atoms with Gasteiger partial charge in [-0.25, -0.2) is 4.98 Å². The fourth-order valence-electron chi connectivity index (χ4n) is 2.57. The maximum absolute atomic E-state index is 12.5. The Morgan fingerprint density at radius 3 is 2.88 bits per heavy atom. The van der Waals surface area contributed by atoms with E-state index >= 15 is 0 Å². The first-order valence-corrected chi connectivity index (χ1v) is 9.21. The summed E-state index contributed by atoms with van der Waals surface area (Å²) in [4.78, 5) is 21.1. The van der Waals surface area contributed by atoms with E-state index in [1.165, 1.54) is 6.07 Å². The Bertz CT molecular complexity index is 855. The molecule has 0 fully saturated rings. The molecule has 25 heavy (non-hydrogen) atoms. The van der Waals surface area contributed by atoms with Crippen molar-refractivity contribution in [1.29, 1.82) is 0 Å². The molecule has 2 heterocycles. The molecule has 0 atom stereocenters. The van der Waals surface area contributed by atoms with Gasteiger partial charge in [-0.05, 0) is 36.5 Å². The van der Waals surface area contributed by atoms with Crippen molar-refractivity contribution in [1.82, 2.24) is 20.6 Å². The molecule has 4 N–H and O–H groups in total. The van der Waals surface area contributed by atoms with Crippen LogP contribution in [0.3, 0.4) is 0 Å². The Kier molecular flexibility index (Phi) is 5.35. The zero-order valence-corrected chi connectivity index (χ0v) is 15.1. The summed E-state index contributed by atoms with van der Waals surface area (Å²) in [6, 6.07) is 7.45. The van der Waals surface area contributed by atoms with Crippen LogP contribution in [0.4, 0.5) is 0 Å². The smallest absolute Gasteiger partial charge is 0.253 e. The van der Waals surface area contributed by atoms with E-state index in [9.17, 15) is 9.90 Å². The molecule has 132 valence electrons. The van der Waals surface area contributed by atoms with Gasteiger partial charge in [0.15, 0.2) is 0 Å². The number of thiophene rings is 1. The summed E-state index contributed by atoms with van der Waals surface area (Å²) >= 11 is 1.55. The molecule has 0 aliphatic heterocycles. The summed E-state index contributed by atoms with van der Waals surface area (Å²) in [5.41, 5.74) is 1.43. The molecule has 0 spiro atoms. The Morgan fingerprint density at radius 2 is 2.16 bits per heavy atom. The lowest BCUT2D eigenvalue weighted by molar-refractivity contribution is 0.0954. The van der Waals surface area contributed by atoms with Crippen LogP contribution in [0.1, 0.15) is 30.6 Å². The Labute approximate surface area is 150 Å². The van der Waals surface area contributed by atoms with Crippen molar-refractivity contribution in [3.63, 3.8) is 0 Å². The third kappa shape index (κ3) is 4.00. The van der Waals surface area contributed by atoms with Crippen LogP contribution >= 0.6 is 11.3 Å². The number of benzene rings is 1. The number of hydrogen-bond donors (Lipinski definition) is 4. The van der Waals surface area contributed by atoms with E-state index in [-0.39, 0.29) is 11.7 Å². The van der Waals surface area contributed by atoms with Crippen molar-refractivity contribution in [2.24, 2.45) is 0 Å². The lowest BCUT2D eigenvalue weighted by Gasteiger charge is -2.09. The second-order valence-electron chi connectivity index (χ2n) is 6.14. The largest absolute Gasteiger partial charge is 0.506 e. The van der Waals surface area contributed by atoms with Gasteiger partial charge in [-0.1, -0.05) is 19.9 Å². The number of phenolic OH excluding ortho intramolecular Hbond substituents is 1. The molecule has 3 aromatic rings. The topological polar surface area (TPSA) is 90.0 Å². The number of hydrogen-bond acceptors (Lipinski definition) is 5. The van der Waals surface area contributed by atoms with Gasteiger partial charge in [-0.2, -0.15) is 0 Å². The number of carbonyl (C=O) groups is 1. The normalized spacial score (nSPS) is 11.3. The summed E-state index contributed by atoms with van der Waals surface area (Å²) in [5, 5.41) is 18.3. The minimum Gasteiger partial charge on any atom is -0.506 e. The van der Waals surface area contributed by atoms with E-state index < -0.39 is 0 Å². The maximum atomic E-state index is 12.5. The van der Waals surface area contributed by atoms with Gasteiger partial charge >= 0.3 is 0 Å². The maximum Gasteiger partial charge on any atom is 0.253 e. The second-order valence-corrected chi connectivity index (χ2v) is 7.08. The number of fused-ring (bicyclic) bond motifs is 1. The van der Waals surface area contributed by atoms with Crippen molar-refractivity contribution in [2.45, 2.75) is 26.3 Å². The minimum atomic E-state index is -0.182. The fraction of sp³-hybridized carbons (Fsp3) is 0.333. The van der Waals surface area contributed by atoms with Gasteiger partial charge in [0, 0.05) is 12.6 Å². The molecule has 3 rings (SSSR count). The van der Waals surface area contributed by atoms with Gasteiger partial charge < -0.3 is 20.7 Å². The monoisotopic (exact) mass is 358 g/mol.